The number of alkyl halides is 1. The van der Waals surface area contributed by atoms with Crippen LogP contribution in [0.25, 0.3) is 6.08 Å². The molecule has 0 saturated carbocycles. The van der Waals surface area contributed by atoms with Crippen LogP contribution in [0.3, 0.4) is 0 Å². The first-order valence-electron chi connectivity index (χ1n) is 9.62. The van der Waals surface area contributed by atoms with Crippen LogP contribution < -0.4 is 5.32 Å². The number of aromatic nitrogens is 2. The average molecular weight is 442 g/mol. The standard InChI is InChI=1S/C23H21F3N4O2/c1-3-16-8-18(4-5-20(16)28-14(2)12-31)29-23(32)21-11-30(13-27-21)10-15-6-17(9-24)22(26)19(25)7-15/h3-8,11,13,31H,1,9-10,12H2,2H3,(H,29,32). The molecular formula is C23H21F3N4O2. The quantitative estimate of drug-likeness (QED) is 0.498. The molecule has 0 radical (unpaired) electrons. The predicted molar refractivity (Wildman–Crippen MR) is 117 cm³/mol. The van der Waals surface area contributed by atoms with Gasteiger partial charge in [-0.1, -0.05) is 12.7 Å². The third-order valence-corrected chi connectivity index (χ3v) is 4.58. The summed E-state index contributed by atoms with van der Waals surface area (Å²) in [5.41, 5.74) is 2.39. The van der Waals surface area contributed by atoms with E-state index < -0.39 is 24.2 Å². The highest BCUT2D eigenvalue weighted by molar-refractivity contribution is 6.03. The molecule has 2 aromatic carbocycles. The molecule has 0 aliphatic heterocycles. The second-order valence-electron chi connectivity index (χ2n) is 7.05. The van der Waals surface area contributed by atoms with Gasteiger partial charge in [0.25, 0.3) is 5.91 Å². The molecule has 166 valence electrons. The summed E-state index contributed by atoms with van der Waals surface area (Å²) in [5, 5.41) is 11.9. The number of aliphatic hydroxyl groups is 1. The lowest BCUT2D eigenvalue weighted by molar-refractivity contribution is 0.102. The van der Waals surface area contributed by atoms with E-state index >= 15 is 0 Å². The second-order valence-corrected chi connectivity index (χ2v) is 7.05. The normalized spacial score (nSPS) is 11.5. The van der Waals surface area contributed by atoms with Crippen LogP contribution in [0.5, 0.6) is 0 Å². The number of amides is 1. The van der Waals surface area contributed by atoms with Crippen LogP contribution in [-0.2, 0) is 13.2 Å². The predicted octanol–water partition coefficient (Wildman–Crippen LogP) is 4.66. The fourth-order valence-electron chi connectivity index (χ4n) is 3.01. The van der Waals surface area contributed by atoms with Gasteiger partial charge in [0.2, 0.25) is 0 Å². The minimum atomic E-state index is -1.20. The Labute approximate surface area is 182 Å². The number of hydrogen-bond donors (Lipinski definition) is 2. The minimum Gasteiger partial charge on any atom is -0.390 e. The van der Waals surface area contributed by atoms with Crippen molar-refractivity contribution in [1.29, 1.82) is 0 Å². The van der Waals surface area contributed by atoms with Crippen LogP contribution in [0.4, 0.5) is 24.5 Å². The average Bonchev–Trinajstić information content (AvgIpc) is 3.25. The van der Waals surface area contributed by atoms with Crippen molar-refractivity contribution in [2.24, 2.45) is 4.99 Å². The Hall–Kier alpha value is -3.72. The summed E-state index contributed by atoms with van der Waals surface area (Å²) in [6.07, 6.45) is 4.40. The van der Waals surface area contributed by atoms with Crippen molar-refractivity contribution in [2.75, 3.05) is 11.9 Å². The molecule has 6 nitrogen and oxygen atoms in total. The molecule has 0 saturated heterocycles. The molecule has 0 spiro atoms. The van der Waals surface area contributed by atoms with Gasteiger partial charge < -0.3 is 15.0 Å². The van der Waals surface area contributed by atoms with Gasteiger partial charge in [-0.05, 0) is 42.8 Å². The lowest BCUT2D eigenvalue weighted by atomic mass is 10.1. The summed E-state index contributed by atoms with van der Waals surface area (Å²) < 4.78 is 41.5. The van der Waals surface area contributed by atoms with Crippen molar-refractivity contribution < 1.29 is 23.1 Å². The summed E-state index contributed by atoms with van der Waals surface area (Å²) in [7, 11) is 0. The number of anilines is 1. The van der Waals surface area contributed by atoms with Crippen LogP contribution in [0, 0.1) is 11.6 Å². The molecule has 0 unspecified atom stereocenters. The Bertz CT molecular complexity index is 1190. The summed E-state index contributed by atoms with van der Waals surface area (Å²) >= 11 is 0. The van der Waals surface area contributed by atoms with Gasteiger partial charge in [0.15, 0.2) is 11.6 Å². The highest BCUT2D eigenvalue weighted by Crippen LogP contribution is 2.25. The maximum atomic E-state index is 13.6. The number of aliphatic hydroxyl groups excluding tert-OH is 1. The van der Waals surface area contributed by atoms with E-state index in [0.29, 0.717) is 28.2 Å². The third-order valence-electron chi connectivity index (χ3n) is 4.58. The first kappa shape index (κ1) is 23.0. The van der Waals surface area contributed by atoms with Crippen LogP contribution in [-0.4, -0.2) is 32.9 Å². The molecule has 0 bridgehead atoms. The Kier molecular flexibility index (Phi) is 7.21. The topological polar surface area (TPSA) is 79.5 Å². The lowest BCUT2D eigenvalue weighted by Gasteiger charge is -2.08. The summed E-state index contributed by atoms with van der Waals surface area (Å²) in [5.74, 6) is -2.81. The fraction of sp³-hybridized carbons (Fsp3) is 0.174. The van der Waals surface area contributed by atoms with Crippen LogP contribution in [0.2, 0.25) is 0 Å². The molecule has 1 amide bonds. The van der Waals surface area contributed by atoms with E-state index in [1.807, 2.05) is 0 Å². The van der Waals surface area contributed by atoms with Gasteiger partial charge in [-0.15, -0.1) is 0 Å². The molecule has 32 heavy (non-hydrogen) atoms. The zero-order chi connectivity index (χ0) is 23.3. The van der Waals surface area contributed by atoms with Crippen molar-refractivity contribution in [3.63, 3.8) is 0 Å². The fourth-order valence-corrected chi connectivity index (χ4v) is 3.01. The van der Waals surface area contributed by atoms with Crippen molar-refractivity contribution >= 4 is 29.1 Å². The number of nitrogens with zero attached hydrogens (tertiary/aromatic N) is 3. The van der Waals surface area contributed by atoms with Crippen LogP contribution >= 0.6 is 0 Å². The number of benzene rings is 2. The van der Waals surface area contributed by atoms with Crippen molar-refractivity contribution in [1.82, 2.24) is 9.55 Å². The van der Waals surface area contributed by atoms with Gasteiger partial charge in [-0.3, -0.25) is 9.79 Å². The SMILES string of the molecule is C=Cc1cc(NC(=O)c2cn(Cc3cc(F)c(F)c(CF)c3)cn2)ccc1N=C(C)CO. The zero-order valence-corrected chi connectivity index (χ0v) is 17.3. The van der Waals surface area contributed by atoms with Gasteiger partial charge in [0.05, 0.1) is 18.6 Å². The molecule has 2 N–H and O–H groups in total. The number of halogens is 3. The van der Waals surface area contributed by atoms with Gasteiger partial charge in [-0.2, -0.15) is 0 Å². The monoisotopic (exact) mass is 442 g/mol. The van der Waals surface area contributed by atoms with E-state index in [4.69, 9.17) is 5.11 Å². The molecule has 3 aromatic rings. The van der Waals surface area contributed by atoms with E-state index in [9.17, 15) is 18.0 Å². The Morgan fingerprint density at radius 2 is 2.09 bits per heavy atom. The lowest BCUT2D eigenvalue weighted by Crippen LogP contribution is -2.12. The first-order chi connectivity index (χ1) is 15.3. The van der Waals surface area contributed by atoms with E-state index in [1.54, 1.807) is 31.2 Å². The van der Waals surface area contributed by atoms with E-state index in [0.717, 1.165) is 6.07 Å². The maximum absolute atomic E-state index is 13.6. The minimum absolute atomic E-state index is 0.0853. The largest absolute Gasteiger partial charge is 0.390 e. The number of imidazole rings is 1. The molecule has 0 fully saturated rings. The maximum Gasteiger partial charge on any atom is 0.275 e. The Morgan fingerprint density at radius 1 is 1.31 bits per heavy atom. The molecule has 9 heteroatoms. The summed E-state index contributed by atoms with van der Waals surface area (Å²) in [4.78, 5) is 20.9. The molecule has 3 rings (SSSR count). The van der Waals surface area contributed by atoms with E-state index in [-0.39, 0.29) is 24.4 Å². The number of rotatable bonds is 8. The van der Waals surface area contributed by atoms with Crippen molar-refractivity contribution in [3.8, 4) is 0 Å². The molecule has 1 heterocycles. The Balaban J connectivity index is 1.74. The highest BCUT2D eigenvalue weighted by Gasteiger charge is 2.14. The van der Waals surface area contributed by atoms with Gasteiger partial charge in [0, 0.05) is 35.3 Å². The number of aliphatic imine (C=N–C) groups is 1. The molecular weight excluding hydrogens is 421 g/mol. The molecule has 0 aliphatic carbocycles. The summed E-state index contributed by atoms with van der Waals surface area (Å²) in [6, 6.07) is 7.25. The molecule has 0 aliphatic rings. The van der Waals surface area contributed by atoms with Gasteiger partial charge in [0.1, 0.15) is 12.4 Å². The van der Waals surface area contributed by atoms with Crippen LogP contribution in [0.1, 0.15) is 34.1 Å². The molecule has 0 atom stereocenters. The third kappa shape index (κ3) is 5.30. The van der Waals surface area contributed by atoms with E-state index in [1.165, 1.54) is 23.2 Å². The molecule has 1 aromatic heterocycles. The van der Waals surface area contributed by atoms with Gasteiger partial charge in [-0.25, -0.2) is 18.2 Å². The first-order valence-corrected chi connectivity index (χ1v) is 9.62. The zero-order valence-electron chi connectivity index (χ0n) is 17.3. The number of nitrogens with one attached hydrogen (secondary N) is 1. The van der Waals surface area contributed by atoms with Crippen LogP contribution in [0.15, 0.2) is 54.4 Å². The highest BCUT2D eigenvalue weighted by atomic mass is 19.2. The Morgan fingerprint density at radius 3 is 2.78 bits per heavy atom. The van der Waals surface area contributed by atoms with Crippen molar-refractivity contribution in [2.45, 2.75) is 20.1 Å². The van der Waals surface area contributed by atoms with Gasteiger partial charge >= 0.3 is 0 Å². The number of hydrogen-bond acceptors (Lipinski definition) is 4. The number of carbonyl (C=O) groups is 1. The number of carbonyl (C=O) groups excluding carboxylic acids is 1. The van der Waals surface area contributed by atoms with Crippen molar-refractivity contribution in [3.05, 3.63) is 83.5 Å². The second kappa shape index (κ2) is 10.1. The summed E-state index contributed by atoms with van der Waals surface area (Å²) in [6.45, 7) is 4.22. The smallest absolute Gasteiger partial charge is 0.275 e. The van der Waals surface area contributed by atoms with E-state index in [2.05, 4.69) is 21.9 Å².